The standard InChI is InChI=1S/C20H20N6O6S/c1-25-19(10-16(23-25)20(27)22-12-13-3-2-8-21-11-13)32-17-7-6-15(26(28)29)9-18(17)33(30,31)24-14-4-5-14/h2-3,6-11,14,24H,4-5,12H2,1H3,(H,22,27). The molecule has 0 radical (unpaired) electrons. The average molecular weight is 472 g/mol. The highest BCUT2D eigenvalue weighted by atomic mass is 32.2. The Kier molecular flexibility index (Phi) is 6.07. The zero-order chi connectivity index (χ0) is 23.6. The van der Waals surface area contributed by atoms with Crippen LogP contribution in [0.15, 0.2) is 53.7 Å². The summed E-state index contributed by atoms with van der Waals surface area (Å²) in [5, 5.41) is 18.0. The number of nitrogens with zero attached hydrogens (tertiary/aromatic N) is 4. The van der Waals surface area contributed by atoms with Crippen LogP contribution < -0.4 is 14.8 Å². The Morgan fingerprint density at radius 1 is 1.30 bits per heavy atom. The molecule has 2 N–H and O–H groups in total. The van der Waals surface area contributed by atoms with Crippen LogP contribution in [-0.2, 0) is 23.6 Å². The van der Waals surface area contributed by atoms with Crippen LogP contribution in [0, 0.1) is 10.1 Å². The summed E-state index contributed by atoms with van der Waals surface area (Å²) in [5.74, 6) is -0.506. The molecule has 33 heavy (non-hydrogen) atoms. The summed E-state index contributed by atoms with van der Waals surface area (Å²) < 4.78 is 35.0. The van der Waals surface area contributed by atoms with Gasteiger partial charge in [0.25, 0.3) is 11.6 Å². The molecule has 1 saturated carbocycles. The van der Waals surface area contributed by atoms with Crippen molar-refractivity contribution in [3.63, 3.8) is 0 Å². The van der Waals surface area contributed by atoms with Crippen molar-refractivity contribution < 1.29 is 22.9 Å². The topological polar surface area (TPSA) is 158 Å². The normalized spacial score (nSPS) is 13.5. The Morgan fingerprint density at radius 2 is 2.09 bits per heavy atom. The van der Waals surface area contributed by atoms with Crippen LogP contribution in [0.4, 0.5) is 5.69 Å². The number of carbonyl (C=O) groups is 1. The fourth-order valence-corrected chi connectivity index (χ4v) is 4.39. The number of pyridine rings is 1. The Hall–Kier alpha value is -3.84. The molecule has 0 bridgehead atoms. The summed E-state index contributed by atoms with van der Waals surface area (Å²) in [7, 11) is -2.54. The van der Waals surface area contributed by atoms with Crippen LogP contribution in [0.1, 0.15) is 28.9 Å². The number of benzene rings is 1. The number of rotatable bonds is 9. The second-order valence-electron chi connectivity index (χ2n) is 7.42. The van der Waals surface area contributed by atoms with Crippen molar-refractivity contribution in [3.05, 3.63) is 70.2 Å². The highest BCUT2D eigenvalue weighted by Gasteiger charge is 2.31. The molecule has 2 aromatic heterocycles. The summed E-state index contributed by atoms with van der Waals surface area (Å²) in [6, 6.07) is 8.00. The van der Waals surface area contributed by atoms with Gasteiger partial charge in [-0.05, 0) is 30.5 Å². The van der Waals surface area contributed by atoms with E-state index < -0.39 is 20.9 Å². The van der Waals surface area contributed by atoms with Gasteiger partial charge in [0.2, 0.25) is 15.9 Å². The first kappa shape index (κ1) is 22.4. The molecule has 0 spiro atoms. The molecule has 1 aromatic carbocycles. The molecule has 172 valence electrons. The van der Waals surface area contributed by atoms with E-state index in [0.29, 0.717) is 12.8 Å². The number of nitro groups is 1. The Balaban J connectivity index is 1.56. The van der Waals surface area contributed by atoms with E-state index in [9.17, 15) is 23.3 Å². The van der Waals surface area contributed by atoms with Gasteiger partial charge in [-0.25, -0.2) is 17.8 Å². The Morgan fingerprint density at radius 3 is 2.76 bits per heavy atom. The summed E-state index contributed by atoms with van der Waals surface area (Å²) in [5.41, 5.74) is 0.472. The van der Waals surface area contributed by atoms with Gasteiger partial charge in [0.15, 0.2) is 5.69 Å². The number of hydrogen-bond acceptors (Lipinski definition) is 8. The van der Waals surface area contributed by atoms with Crippen LogP contribution in [0.25, 0.3) is 0 Å². The van der Waals surface area contributed by atoms with Gasteiger partial charge in [-0.2, -0.15) is 5.10 Å². The fourth-order valence-electron chi connectivity index (χ4n) is 2.93. The third kappa shape index (κ3) is 5.32. The summed E-state index contributed by atoms with van der Waals surface area (Å²) in [6.07, 6.45) is 4.65. The second-order valence-corrected chi connectivity index (χ2v) is 9.10. The number of amides is 1. The van der Waals surface area contributed by atoms with E-state index in [0.717, 1.165) is 17.7 Å². The molecule has 1 amide bonds. The van der Waals surface area contributed by atoms with Gasteiger partial charge < -0.3 is 10.1 Å². The van der Waals surface area contributed by atoms with Crippen LogP contribution >= 0.6 is 0 Å². The third-order valence-electron chi connectivity index (χ3n) is 4.79. The van der Waals surface area contributed by atoms with Crippen LogP contribution in [-0.4, -0.2) is 40.1 Å². The van der Waals surface area contributed by atoms with Crippen LogP contribution in [0.3, 0.4) is 0 Å². The summed E-state index contributed by atoms with van der Waals surface area (Å²) >= 11 is 0. The predicted octanol–water partition coefficient (Wildman–Crippen LogP) is 1.89. The number of carbonyl (C=O) groups excluding carboxylic acids is 1. The van der Waals surface area contributed by atoms with Crippen molar-refractivity contribution in [1.82, 2.24) is 24.8 Å². The van der Waals surface area contributed by atoms with Crippen LogP contribution in [0.2, 0.25) is 0 Å². The molecule has 1 aliphatic carbocycles. The van der Waals surface area contributed by atoms with Crippen molar-refractivity contribution in [2.24, 2.45) is 7.05 Å². The number of aryl methyl sites for hydroxylation is 1. The van der Waals surface area contributed by atoms with Crippen molar-refractivity contribution >= 4 is 21.6 Å². The van der Waals surface area contributed by atoms with Gasteiger partial charge in [-0.15, -0.1) is 0 Å². The highest BCUT2D eigenvalue weighted by Crippen LogP contribution is 2.33. The van der Waals surface area contributed by atoms with E-state index in [1.807, 2.05) is 6.07 Å². The number of nitrogens with one attached hydrogen (secondary N) is 2. The molecule has 1 aliphatic rings. The Bertz CT molecular complexity index is 1300. The first-order valence-corrected chi connectivity index (χ1v) is 11.4. The maximum atomic E-state index is 12.8. The number of sulfonamides is 1. The third-order valence-corrected chi connectivity index (χ3v) is 6.33. The van der Waals surface area contributed by atoms with E-state index in [1.54, 1.807) is 18.5 Å². The summed E-state index contributed by atoms with van der Waals surface area (Å²) in [6.45, 7) is 0.247. The lowest BCUT2D eigenvalue weighted by atomic mass is 10.3. The van der Waals surface area contributed by atoms with Gasteiger partial charge in [0.05, 0.1) is 4.92 Å². The minimum absolute atomic E-state index is 0.0545. The van der Waals surface area contributed by atoms with Gasteiger partial charge in [-0.1, -0.05) is 6.07 Å². The molecule has 1 fully saturated rings. The number of aromatic nitrogens is 3. The maximum Gasteiger partial charge on any atom is 0.272 e. The number of hydrogen-bond donors (Lipinski definition) is 2. The van der Waals surface area contributed by atoms with E-state index >= 15 is 0 Å². The molecule has 2 heterocycles. The number of ether oxygens (including phenoxy) is 1. The lowest BCUT2D eigenvalue weighted by Gasteiger charge is -2.12. The maximum absolute atomic E-state index is 12.8. The summed E-state index contributed by atoms with van der Waals surface area (Å²) in [4.78, 5) is 26.6. The minimum Gasteiger partial charge on any atom is -0.438 e. The van der Waals surface area contributed by atoms with Crippen molar-refractivity contribution in [3.8, 4) is 11.6 Å². The average Bonchev–Trinajstić information content (AvgIpc) is 3.52. The van der Waals surface area contributed by atoms with Gasteiger partial charge in [-0.3, -0.25) is 19.9 Å². The molecule has 0 atom stereocenters. The number of non-ortho nitro benzene ring substituents is 1. The van der Waals surface area contributed by atoms with E-state index in [4.69, 9.17) is 4.74 Å². The zero-order valence-corrected chi connectivity index (χ0v) is 18.3. The first-order chi connectivity index (χ1) is 15.7. The van der Waals surface area contributed by atoms with E-state index in [1.165, 1.54) is 23.9 Å². The highest BCUT2D eigenvalue weighted by molar-refractivity contribution is 7.89. The van der Waals surface area contributed by atoms with Gasteiger partial charge >= 0.3 is 0 Å². The van der Waals surface area contributed by atoms with E-state index in [-0.39, 0.29) is 40.5 Å². The Labute approximate surface area is 188 Å². The van der Waals surface area contributed by atoms with Crippen molar-refractivity contribution in [1.29, 1.82) is 0 Å². The molecular formula is C20H20N6O6S. The molecule has 3 aromatic rings. The predicted molar refractivity (Wildman–Crippen MR) is 115 cm³/mol. The number of nitro benzene ring substituents is 1. The largest absolute Gasteiger partial charge is 0.438 e. The lowest BCUT2D eigenvalue weighted by Crippen LogP contribution is -2.26. The lowest BCUT2D eigenvalue weighted by molar-refractivity contribution is -0.385. The van der Waals surface area contributed by atoms with Crippen LogP contribution in [0.5, 0.6) is 11.6 Å². The zero-order valence-electron chi connectivity index (χ0n) is 17.5. The van der Waals surface area contributed by atoms with Gasteiger partial charge in [0.1, 0.15) is 10.6 Å². The van der Waals surface area contributed by atoms with Crippen molar-refractivity contribution in [2.75, 3.05) is 0 Å². The van der Waals surface area contributed by atoms with Gasteiger partial charge in [0, 0.05) is 50.2 Å². The fraction of sp³-hybridized carbons (Fsp3) is 0.250. The van der Waals surface area contributed by atoms with E-state index in [2.05, 4.69) is 20.1 Å². The first-order valence-electron chi connectivity index (χ1n) is 9.93. The second kappa shape index (κ2) is 8.96. The minimum atomic E-state index is -4.06. The SMILES string of the molecule is Cn1nc(C(=O)NCc2cccnc2)cc1Oc1ccc([N+](=O)[O-])cc1S(=O)(=O)NC1CC1. The molecule has 12 nitrogen and oxygen atoms in total. The molecule has 4 rings (SSSR count). The smallest absolute Gasteiger partial charge is 0.272 e. The van der Waals surface area contributed by atoms with Crippen molar-refractivity contribution in [2.45, 2.75) is 30.3 Å². The monoisotopic (exact) mass is 472 g/mol. The molecular weight excluding hydrogens is 452 g/mol. The molecule has 13 heteroatoms. The quantitative estimate of drug-likeness (QED) is 0.353. The molecule has 0 unspecified atom stereocenters. The molecule has 0 aliphatic heterocycles. The molecule has 0 saturated heterocycles.